The number of rotatable bonds is 4. The molecule has 0 fully saturated rings. The van der Waals surface area contributed by atoms with E-state index in [9.17, 15) is 0 Å². The highest BCUT2D eigenvalue weighted by Gasteiger charge is 2.03. The van der Waals surface area contributed by atoms with Crippen LogP contribution in [-0.4, -0.2) is 16.1 Å². The predicted octanol–water partition coefficient (Wildman–Crippen LogP) is 1.52. The van der Waals surface area contributed by atoms with Gasteiger partial charge in [0.1, 0.15) is 0 Å². The smallest absolute Gasteiger partial charge is 0.0958 e. The average molecular weight is 177 g/mol. The highest BCUT2D eigenvalue weighted by Crippen LogP contribution is 2.10. The van der Waals surface area contributed by atoms with E-state index >= 15 is 0 Å². The third kappa shape index (κ3) is 2.06. The molecule has 0 radical (unpaired) electrons. The summed E-state index contributed by atoms with van der Waals surface area (Å²) >= 11 is 0. The van der Waals surface area contributed by atoms with Crippen molar-refractivity contribution in [1.82, 2.24) is 9.55 Å². The van der Waals surface area contributed by atoms with Gasteiger partial charge < -0.3 is 10.3 Å². The maximum atomic E-state index is 5.47. The fourth-order valence-corrected chi connectivity index (χ4v) is 1.23. The molecule has 0 aliphatic carbocycles. The Kier molecular flexibility index (Phi) is 3.46. The van der Waals surface area contributed by atoms with Crippen molar-refractivity contribution in [3.05, 3.63) is 30.4 Å². The maximum absolute atomic E-state index is 5.47. The summed E-state index contributed by atoms with van der Waals surface area (Å²) in [4.78, 5) is 4.24. The lowest BCUT2D eigenvalue weighted by molar-refractivity contribution is 0.702. The van der Waals surface area contributed by atoms with Gasteiger partial charge in [0, 0.05) is 13.1 Å². The number of allylic oxidation sites excluding steroid dienone is 1. The minimum Gasteiger partial charge on any atom is -0.329 e. The number of aromatic nitrogens is 2. The maximum Gasteiger partial charge on any atom is 0.0958 e. The van der Waals surface area contributed by atoms with Crippen molar-refractivity contribution in [2.75, 3.05) is 6.54 Å². The van der Waals surface area contributed by atoms with Crippen molar-refractivity contribution in [2.24, 2.45) is 5.73 Å². The van der Waals surface area contributed by atoms with E-state index in [0.29, 0.717) is 6.54 Å². The molecule has 0 aliphatic heterocycles. The fraction of sp³-hybridized carbons (Fsp3) is 0.300. The van der Waals surface area contributed by atoms with Crippen LogP contribution in [0.25, 0.3) is 12.2 Å². The van der Waals surface area contributed by atoms with Crippen LogP contribution >= 0.6 is 0 Å². The molecule has 0 spiro atoms. The van der Waals surface area contributed by atoms with Crippen molar-refractivity contribution < 1.29 is 0 Å². The molecule has 0 bridgehead atoms. The standard InChI is InChI=1S/C10H15N3/c1-3-5-9-10(4-2)13(7-6-11)8-12-9/h3-5,8H,2,6-7,11H2,1H3/b5-3-. The van der Waals surface area contributed by atoms with Crippen LogP contribution in [0.5, 0.6) is 0 Å². The predicted molar refractivity (Wildman–Crippen MR) is 56.1 cm³/mol. The van der Waals surface area contributed by atoms with Crippen molar-refractivity contribution in [3.63, 3.8) is 0 Å². The van der Waals surface area contributed by atoms with Gasteiger partial charge in [-0.3, -0.25) is 0 Å². The molecule has 0 aliphatic rings. The summed E-state index contributed by atoms with van der Waals surface area (Å²) in [6, 6.07) is 0. The van der Waals surface area contributed by atoms with E-state index in [1.54, 1.807) is 12.4 Å². The minimum absolute atomic E-state index is 0.618. The molecular formula is C10H15N3. The first kappa shape index (κ1) is 9.74. The normalized spacial score (nSPS) is 10.9. The molecule has 2 N–H and O–H groups in total. The molecule has 1 aromatic rings. The lowest BCUT2D eigenvalue weighted by Gasteiger charge is -2.02. The van der Waals surface area contributed by atoms with E-state index < -0.39 is 0 Å². The first-order chi connectivity index (χ1) is 6.33. The van der Waals surface area contributed by atoms with Gasteiger partial charge in [-0.2, -0.15) is 0 Å². The molecule has 13 heavy (non-hydrogen) atoms. The third-order valence-electron chi connectivity index (χ3n) is 1.80. The van der Waals surface area contributed by atoms with E-state index in [0.717, 1.165) is 17.9 Å². The summed E-state index contributed by atoms with van der Waals surface area (Å²) < 4.78 is 2.00. The van der Waals surface area contributed by atoms with E-state index in [1.807, 2.05) is 23.6 Å². The van der Waals surface area contributed by atoms with E-state index in [4.69, 9.17) is 5.73 Å². The zero-order valence-corrected chi connectivity index (χ0v) is 7.90. The zero-order valence-electron chi connectivity index (χ0n) is 7.90. The monoisotopic (exact) mass is 177 g/mol. The Labute approximate surface area is 78.6 Å². The van der Waals surface area contributed by atoms with Gasteiger partial charge in [-0.25, -0.2) is 4.98 Å². The summed E-state index contributed by atoms with van der Waals surface area (Å²) in [5.74, 6) is 0. The van der Waals surface area contributed by atoms with Gasteiger partial charge in [0.2, 0.25) is 0 Å². The van der Waals surface area contributed by atoms with Gasteiger partial charge in [-0.1, -0.05) is 12.7 Å². The van der Waals surface area contributed by atoms with Crippen LogP contribution in [0.4, 0.5) is 0 Å². The zero-order chi connectivity index (χ0) is 9.68. The van der Waals surface area contributed by atoms with E-state index in [1.165, 1.54) is 0 Å². The molecule has 3 nitrogen and oxygen atoms in total. The Morgan fingerprint density at radius 1 is 1.69 bits per heavy atom. The summed E-state index contributed by atoms with van der Waals surface area (Å²) in [6.07, 6.45) is 7.52. The van der Waals surface area contributed by atoms with Gasteiger partial charge in [0.25, 0.3) is 0 Å². The molecule has 1 heterocycles. The molecule has 0 atom stereocenters. The van der Waals surface area contributed by atoms with Crippen LogP contribution in [-0.2, 0) is 6.54 Å². The molecule has 0 amide bonds. The van der Waals surface area contributed by atoms with Gasteiger partial charge in [-0.05, 0) is 19.1 Å². The average Bonchev–Trinajstić information content (AvgIpc) is 2.49. The quantitative estimate of drug-likeness (QED) is 0.757. The highest BCUT2D eigenvalue weighted by atomic mass is 15.1. The second kappa shape index (κ2) is 4.62. The fourth-order valence-electron chi connectivity index (χ4n) is 1.23. The van der Waals surface area contributed by atoms with Crippen LogP contribution < -0.4 is 5.73 Å². The first-order valence-electron chi connectivity index (χ1n) is 4.33. The van der Waals surface area contributed by atoms with Crippen molar-refractivity contribution in [2.45, 2.75) is 13.5 Å². The molecular weight excluding hydrogens is 162 g/mol. The summed E-state index contributed by atoms with van der Waals surface area (Å²) in [5, 5.41) is 0. The molecule has 1 rings (SSSR count). The first-order valence-corrected chi connectivity index (χ1v) is 4.33. The van der Waals surface area contributed by atoms with Gasteiger partial charge in [0.15, 0.2) is 0 Å². The van der Waals surface area contributed by atoms with Crippen LogP contribution in [0, 0.1) is 0 Å². The van der Waals surface area contributed by atoms with Crippen molar-refractivity contribution in [3.8, 4) is 0 Å². The molecule has 3 heteroatoms. The van der Waals surface area contributed by atoms with Crippen LogP contribution in [0.3, 0.4) is 0 Å². The molecule has 0 aromatic carbocycles. The summed E-state index contributed by atoms with van der Waals surface area (Å²) in [5.41, 5.74) is 7.45. The second-order valence-electron chi connectivity index (χ2n) is 2.70. The topological polar surface area (TPSA) is 43.8 Å². The van der Waals surface area contributed by atoms with E-state index in [2.05, 4.69) is 11.6 Å². The second-order valence-corrected chi connectivity index (χ2v) is 2.70. The Balaban J connectivity index is 3.02. The Bertz CT molecular complexity index is 310. The molecule has 1 aromatic heterocycles. The van der Waals surface area contributed by atoms with Gasteiger partial charge >= 0.3 is 0 Å². The number of imidazole rings is 1. The SMILES string of the molecule is C=Cc1c(/C=C\C)ncn1CCN. The Morgan fingerprint density at radius 2 is 2.46 bits per heavy atom. The third-order valence-corrected chi connectivity index (χ3v) is 1.80. The summed E-state index contributed by atoms with van der Waals surface area (Å²) in [7, 11) is 0. The van der Waals surface area contributed by atoms with Crippen LogP contribution in [0.15, 0.2) is 19.0 Å². The molecule has 0 unspecified atom stereocenters. The molecule has 0 saturated carbocycles. The lowest BCUT2D eigenvalue weighted by atomic mass is 10.3. The summed E-state index contributed by atoms with van der Waals surface area (Å²) in [6.45, 7) is 7.12. The van der Waals surface area contributed by atoms with Crippen LogP contribution in [0.1, 0.15) is 18.3 Å². The molecule has 0 saturated heterocycles. The van der Waals surface area contributed by atoms with Gasteiger partial charge in [-0.15, -0.1) is 0 Å². The lowest BCUT2D eigenvalue weighted by Crippen LogP contribution is -2.10. The number of hydrogen-bond donors (Lipinski definition) is 1. The highest BCUT2D eigenvalue weighted by molar-refractivity contribution is 5.58. The minimum atomic E-state index is 0.618. The van der Waals surface area contributed by atoms with Crippen molar-refractivity contribution in [1.29, 1.82) is 0 Å². The molecule has 70 valence electrons. The Hall–Kier alpha value is -1.35. The largest absolute Gasteiger partial charge is 0.329 e. The van der Waals surface area contributed by atoms with Crippen LogP contribution in [0.2, 0.25) is 0 Å². The van der Waals surface area contributed by atoms with Gasteiger partial charge in [0.05, 0.1) is 17.7 Å². The van der Waals surface area contributed by atoms with Crippen molar-refractivity contribution >= 4 is 12.2 Å². The number of nitrogens with two attached hydrogens (primary N) is 1. The number of nitrogens with zero attached hydrogens (tertiary/aromatic N) is 2. The number of hydrogen-bond acceptors (Lipinski definition) is 2. The van der Waals surface area contributed by atoms with E-state index in [-0.39, 0.29) is 0 Å². The Morgan fingerprint density at radius 3 is 3.00 bits per heavy atom.